The molecule has 0 aromatic heterocycles. The fourth-order valence-electron chi connectivity index (χ4n) is 1.72. The van der Waals surface area contributed by atoms with Crippen molar-refractivity contribution in [1.29, 1.82) is 0 Å². The summed E-state index contributed by atoms with van der Waals surface area (Å²) in [5.41, 5.74) is 5.95. The number of rotatable bonds is 5. The fourth-order valence-corrected chi connectivity index (χ4v) is 3.32. The van der Waals surface area contributed by atoms with Crippen LogP contribution >= 0.6 is 0 Å². The number of sulfone groups is 1. The summed E-state index contributed by atoms with van der Waals surface area (Å²) in [5, 5.41) is 0. The highest BCUT2D eigenvalue weighted by atomic mass is 32.2. The number of hydrogen-bond donors (Lipinski definition) is 1. The molecule has 0 radical (unpaired) electrons. The summed E-state index contributed by atoms with van der Waals surface area (Å²) in [6.45, 7) is 3.14. The summed E-state index contributed by atoms with van der Waals surface area (Å²) < 4.78 is 61.7. The second kappa shape index (κ2) is 6.13. The first-order chi connectivity index (χ1) is 9.08. The zero-order valence-corrected chi connectivity index (χ0v) is 12.1. The van der Waals surface area contributed by atoms with E-state index in [0.717, 1.165) is 5.56 Å². The van der Waals surface area contributed by atoms with E-state index in [1.54, 1.807) is 12.1 Å². The molecule has 0 saturated heterocycles. The van der Waals surface area contributed by atoms with Crippen molar-refractivity contribution in [3.8, 4) is 0 Å². The second-order valence-electron chi connectivity index (χ2n) is 4.98. The molecule has 20 heavy (non-hydrogen) atoms. The van der Waals surface area contributed by atoms with Crippen LogP contribution in [-0.2, 0) is 9.84 Å². The number of hydrogen-bond acceptors (Lipinski definition) is 3. The fraction of sp³-hybridized carbons (Fsp3) is 0.538. The van der Waals surface area contributed by atoms with E-state index in [1.165, 1.54) is 12.1 Å². The van der Waals surface area contributed by atoms with Crippen molar-refractivity contribution in [2.45, 2.75) is 30.8 Å². The Bertz CT molecular complexity index is 536. The van der Waals surface area contributed by atoms with Gasteiger partial charge >= 0.3 is 6.18 Å². The van der Waals surface area contributed by atoms with Crippen LogP contribution in [0.25, 0.3) is 0 Å². The lowest BCUT2D eigenvalue weighted by Gasteiger charge is -2.18. The van der Waals surface area contributed by atoms with Crippen molar-refractivity contribution in [3.63, 3.8) is 0 Å². The van der Waals surface area contributed by atoms with Crippen LogP contribution in [0.15, 0.2) is 29.2 Å². The first-order valence-corrected chi connectivity index (χ1v) is 7.82. The Morgan fingerprint density at radius 1 is 1.15 bits per heavy atom. The molecule has 0 fully saturated rings. The Balaban J connectivity index is 2.99. The maximum absolute atomic E-state index is 12.6. The zero-order chi connectivity index (χ0) is 15.6. The van der Waals surface area contributed by atoms with Gasteiger partial charge in [-0.1, -0.05) is 26.0 Å². The van der Waals surface area contributed by atoms with Gasteiger partial charge in [-0.2, -0.15) is 13.2 Å². The number of nitrogens with two attached hydrogens (primary N) is 1. The molecule has 0 aliphatic heterocycles. The van der Waals surface area contributed by atoms with Gasteiger partial charge in [-0.3, -0.25) is 0 Å². The van der Waals surface area contributed by atoms with Gasteiger partial charge in [-0.25, -0.2) is 8.42 Å². The van der Waals surface area contributed by atoms with Gasteiger partial charge < -0.3 is 5.73 Å². The maximum atomic E-state index is 12.6. The molecule has 2 N–H and O–H groups in total. The van der Waals surface area contributed by atoms with Crippen LogP contribution in [0.2, 0.25) is 0 Å². The average Bonchev–Trinajstić information content (AvgIpc) is 2.34. The Kier molecular flexibility index (Phi) is 5.21. The monoisotopic (exact) mass is 309 g/mol. The smallest absolute Gasteiger partial charge is 0.330 e. The second-order valence-corrected chi connectivity index (χ2v) is 7.01. The van der Waals surface area contributed by atoms with Crippen LogP contribution in [0.4, 0.5) is 13.2 Å². The summed E-state index contributed by atoms with van der Waals surface area (Å²) in [6.07, 6.45) is -4.61. The van der Waals surface area contributed by atoms with Gasteiger partial charge in [0.05, 0.1) is 16.6 Å². The van der Waals surface area contributed by atoms with Crippen LogP contribution < -0.4 is 5.73 Å². The van der Waals surface area contributed by atoms with Gasteiger partial charge in [0.15, 0.2) is 9.84 Å². The van der Waals surface area contributed by atoms with Crippen LogP contribution in [0.1, 0.15) is 25.3 Å². The molecule has 0 saturated carbocycles. The molecule has 0 bridgehead atoms. The van der Waals surface area contributed by atoms with Crippen molar-refractivity contribution in [2.75, 3.05) is 12.3 Å². The molecule has 3 nitrogen and oxygen atoms in total. The summed E-state index contributed by atoms with van der Waals surface area (Å²) >= 11 is 0. The van der Waals surface area contributed by atoms with E-state index >= 15 is 0 Å². The molecule has 7 heteroatoms. The third-order valence-corrected chi connectivity index (χ3v) is 4.91. The van der Waals surface area contributed by atoms with Crippen LogP contribution in [0.3, 0.4) is 0 Å². The predicted molar refractivity (Wildman–Crippen MR) is 71.2 cm³/mol. The van der Waals surface area contributed by atoms with Crippen molar-refractivity contribution in [3.05, 3.63) is 29.8 Å². The maximum Gasteiger partial charge on any atom is 0.394 e. The van der Waals surface area contributed by atoms with Gasteiger partial charge in [0.1, 0.15) is 0 Å². The lowest BCUT2D eigenvalue weighted by atomic mass is 10.0. The summed E-state index contributed by atoms with van der Waals surface area (Å²) in [6, 6.07) is 5.91. The van der Waals surface area contributed by atoms with E-state index < -0.39 is 34.2 Å². The Labute approximate surface area is 116 Å². The summed E-state index contributed by atoms with van der Waals surface area (Å²) in [7, 11) is -4.00. The first-order valence-electron chi connectivity index (χ1n) is 6.17. The molecule has 1 unspecified atom stereocenters. The number of halogens is 3. The number of alkyl halides is 3. The van der Waals surface area contributed by atoms with Gasteiger partial charge in [-0.15, -0.1) is 0 Å². The zero-order valence-electron chi connectivity index (χ0n) is 11.3. The van der Waals surface area contributed by atoms with E-state index in [4.69, 9.17) is 5.73 Å². The summed E-state index contributed by atoms with van der Waals surface area (Å²) in [5.74, 6) is -2.84. The Hall–Kier alpha value is -1.08. The minimum atomic E-state index is -4.61. The van der Waals surface area contributed by atoms with Crippen molar-refractivity contribution < 1.29 is 21.6 Å². The molecule has 1 aromatic carbocycles. The topological polar surface area (TPSA) is 60.2 Å². The van der Waals surface area contributed by atoms with E-state index in [-0.39, 0.29) is 10.8 Å². The third-order valence-electron chi connectivity index (χ3n) is 3.07. The van der Waals surface area contributed by atoms with Crippen molar-refractivity contribution >= 4 is 9.84 Å². The highest BCUT2D eigenvalue weighted by Gasteiger charge is 2.41. The molecule has 114 valence electrons. The van der Waals surface area contributed by atoms with E-state index in [1.807, 2.05) is 13.8 Å². The van der Waals surface area contributed by atoms with Crippen molar-refractivity contribution in [1.82, 2.24) is 0 Å². The molecular formula is C13H18F3NO2S. The lowest BCUT2D eigenvalue weighted by Crippen LogP contribution is -2.36. The van der Waals surface area contributed by atoms with Crippen molar-refractivity contribution in [2.24, 2.45) is 11.7 Å². The molecule has 0 aliphatic rings. The van der Waals surface area contributed by atoms with Crippen LogP contribution in [0.5, 0.6) is 0 Å². The minimum Gasteiger partial charge on any atom is -0.330 e. The minimum absolute atomic E-state index is 0.107. The Morgan fingerprint density at radius 2 is 1.65 bits per heavy atom. The quantitative estimate of drug-likeness (QED) is 0.910. The van der Waals surface area contributed by atoms with Gasteiger partial charge in [0, 0.05) is 6.54 Å². The molecular weight excluding hydrogens is 291 g/mol. The normalized spacial score (nSPS) is 14.6. The predicted octanol–water partition coefficient (Wildman–Crippen LogP) is 2.72. The van der Waals surface area contributed by atoms with Gasteiger partial charge in [0.2, 0.25) is 0 Å². The van der Waals surface area contributed by atoms with Gasteiger partial charge in [-0.05, 0) is 23.6 Å². The molecule has 0 amide bonds. The third kappa shape index (κ3) is 4.21. The van der Waals surface area contributed by atoms with E-state index in [9.17, 15) is 21.6 Å². The average molecular weight is 309 g/mol. The summed E-state index contributed by atoms with van der Waals surface area (Å²) in [4.78, 5) is -0.107. The first kappa shape index (κ1) is 17.0. The largest absolute Gasteiger partial charge is 0.394 e. The molecule has 0 aliphatic carbocycles. The molecule has 1 aromatic rings. The number of benzene rings is 1. The highest BCUT2D eigenvalue weighted by molar-refractivity contribution is 7.91. The molecule has 0 heterocycles. The standard InChI is InChI=1S/C13H18F3NO2S/c1-9(2)10-3-5-12(6-4-10)20(18,19)8-11(7-17)13(14,15)16/h3-6,9,11H,7-8,17H2,1-2H3. The van der Waals surface area contributed by atoms with Crippen LogP contribution in [0, 0.1) is 5.92 Å². The SMILES string of the molecule is CC(C)c1ccc(S(=O)(=O)CC(CN)C(F)(F)F)cc1. The highest BCUT2D eigenvalue weighted by Crippen LogP contribution is 2.28. The molecule has 0 spiro atoms. The van der Waals surface area contributed by atoms with E-state index in [0.29, 0.717) is 0 Å². The van der Waals surface area contributed by atoms with E-state index in [2.05, 4.69) is 0 Å². The molecule has 1 rings (SSSR count). The van der Waals surface area contributed by atoms with Crippen LogP contribution in [-0.4, -0.2) is 26.9 Å². The molecule has 1 atom stereocenters. The lowest BCUT2D eigenvalue weighted by molar-refractivity contribution is -0.165. The van der Waals surface area contributed by atoms with Gasteiger partial charge in [0.25, 0.3) is 0 Å². The Morgan fingerprint density at radius 3 is 2.00 bits per heavy atom.